The number of carbonyl (C=O) groups is 1. The molecule has 1 aromatic carbocycles. The van der Waals surface area contributed by atoms with Crippen LogP contribution in [0.3, 0.4) is 0 Å². The minimum absolute atomic E-state index is 0.162. The van der Waals surface area contributed by atoms with Crippen LogP contribution < -0.4 is 5.76 Å². The normalized spacial score (nSPS) is 19.4. The number of aryl methyl sites for hydroxylation is 1. The van der Waals surface area contributed by atoms with Crippen molar-refractivity contribution >= 4 is 17.2 Å². The molecule has 0 spiro atoms. The fourth-order valence-electron chi connectivity index (χ4n) is 2.83. The van der Waals surface area contributed by atoms with E-state index in [1.54, 1.807) is 7.05 Å². The van der Waals surface area contributed by atoms with Crippen molar-refractivity contribution in [3.63, 3.8) is 0 Å². The molecule has 1 atom stereocenters. The van der Waals surface area contributed by atoms with Crippen molar-refractivity contribution in [2.45, 2.75) is 18.8 Å². The number of piperidine rings is 1. The molecule has 1 saturated heterocycles. The molecule has 2 aromatic rings. The van der Waals surface area contributed by atoms with Crippen LogP contribution in [0.4, 0.5) is 4.79 Å². The Labute approximate surface area is 115 Å². The van der Waals surface area contributed by atoms with Crippen molar-refractivity contribution in [2.24, 2.45) is 7.05 Å². The number of hydrogen-bond acceptors (Lipinski definition) is 3. The number of oxazole rings is 1. The standard InChI is InChI=1S/C14H16N2O4/c1-15-11-5-4-9(7-12(11)20-14(15)19)10-3-2-6-16(8-10)13(17)18/h4-5,7,10H,2-3,6,8H2,1H3,(H,17,18). The highest BCUT2D eigenvalue weighted by Crippen LogP contribution is 2.29. The molecule has 1 amide bonds. The summed E-state index contributed by atoms with van der Waals surface area (Å²) in [6.07, 6.45) is 0.933. The lowest BCUT2D eigenvalue weighted by atomic mass is 9.90. The molecule has 6 heteroatoms. The molecule has 2 heterocycles. The second-order valence-electron chi connectivity index (χ2n) is 5.22. The van der Waals surface area contributed by atoms with Gasteiger partial charge in [0.05, 0.1) is 5.52 Å². The predicted octanol–water partition coefficient (Wildman–Crippen LogP) is 1.99. The maximum absolute atomic E-state index is 11.5. The maximum Gasteiger partial charge on any atom is 0.419 e. The van der Waals surface area contributed by atoms with Crippen LogP contribution >= 0.6 is 0 Å². The summed E-state index contributed by atoms with van der Waals surface area (Å²) >= 11 is 0. The highest BCUT2D eigenvalue weighted by Gasteiger charge is 2.24. The van der Waals surface area contributed by atoms with Crippen LogP contribution in [0.15, 0.2) is 27.4 Å². The van der Waals surface area contributed by atoms with E-state index in [-0.39, 0.29) is 11.7 Å². The van der Waals surface area contributed by atoms with Gasteiger partial charge in [-0.1, -0.05) is 6.07 Å². The SMILES string of the molecule is Cn1c(=O)oc2cc(C3CCCN(C(=O)O)C3)ccc21. The van der Waals surface area contributed by atoms with E-state index in [4.69, 9.17) is 9.52 Å². The molecule has 1 N–H and O–H groups in total. The van der Waals surface area contributed by atoms with Crippen molar-refractivity contribution in [1.29, 1.82) is 0 Å². The first-order valence-corrected chi connectivity index (χ1v) is 6.63. The van der Waals surface area contributed by atoms with Crippen LogP contribution in [-0.2, 0) is 7.05 Å². The second-order valence-corrected chi connectivity index (χ2v) is 5.22. The summed E-state index contributed by atoms with van der Waals surface area (Å²) in [4.78, 5) is 24.0. The molecule has 1 aliphatic heterocycles. The summed E-state index contributed by atoms with van der Waals surface area (Å²) in [6, 6.07) is 5.66. The number of aromatic nitrogens is 1. The molecule has 1 fully saturated rings. The summed E-state index contributed by atoms with van der Waals surface area (Å²) < 4.78 is 6.64. The number of carboxylic acid groups (broad SMARTS) is 1. The van der Waals surface area contributed by atoms with E-state index < -0.39 is 6.09 Å². The van der Waals surface area contributed by atoms with Gasteiger partial charge in [0.25, 0.3) is 0 Å². The van der Waals surface area contributed by atoms with Crippen molar-refractivity contribution < 1.29 is 14.3 Å². The van der Waals surface area contributed by atoms with Gasteiger partial charge < -0.3 is 14.4 Å². The third-order valence-electron chi connectivity index (χ3n) is 3.98. The molecule has 0 bridgehead atoms. The zero-order valence-corrected chi connectivity index (χ0v) is 11.2. The largest absolute Gasteiger partial charge is 0.465 e. The summed E-state index contributed by atoms with van der Waals surface area (Å²) in [5, 5.41) is 9.08. The molecule has 6 nitrogen and oxygen atoms in total. The van der Waals surface area contributed by atoms with Crippen molar-refractivity contribution in [3.8, 4) is 0 Å². The minimum atomic E-state index is -0.873. The monoisotopic (exact) mass is 276 g/mol. The number of likely N-dealkylation sites (tertiary alicyclic amines) is 1. The lowest BCUT2D eigenvalue weighted by molar-refractivity contribution is 0.130. The Morgan fingerprint density at radius 1 is 1.45 bits per heavy atom. The van der Waals surface area contributed by atoms with Gasteiger partial charge in [-0.25, -0.2) is 9.59 Å². The van der Waals surface area contributed by atoms with Gasteiger partial charge in [0.2, 0.25) is 0 Å². The summed E-state index contributed by atoms with van der Waals surface area (Å²) in [6.45, 7) is 1.09. The van der Waals surface area contributed by atoms with E-state index in [2.05, 4.69) is 0 Å². The van der Waals surface area contributed by atoms with Crippen molar-refractivity contribution in [2.75, 3.05) is 13.1 Å². The highest BCUT2D eigenvalue weighted by atomic mass is 16.4. The lowest BCUT2D eigenvalue weighted by Gasteiger charge is -2.30. The average molecular weight is 276 g/mol. The van der Waals surface area contributed by atoms with Gasteiger partial charge in [-0.2, -0.15) is 0 Å². The number of nitrogens with zero attached hydrogens (tertiary/aromatic N) is 2. The van der Waals surface area contributed by atoms with Gasteiger partial charge in [0.1, 0.15) is 0 Å². The molecule has 1 unspecified atom stereocenters. The van der Waals surface area contributed by atoms with E-state index in [0.29, 0.717) is 18.7 Å². The molecular weight excluding hydrogens is 260 g/mol. The van der Waals surface area contributed by atoms with Gasteiger partial charge in [-0.15, -0.1) is 0 Å². The highest BCUT2D eigenvalue weighted by molar-refractivity contribution is 5.74. The van der Waals surface area contributed by atoms with Crippen LogP contribution in [0.5, 0.6) is 0 Å². The summed E-state index contributed by atoms with van der Waals surface area (Å²) in [5.41, 5.74) is 2.34. The minimum Gasteiger partial charge on any atom is -0.465 e. The Morgan fingerprint density at radius 2 is 2.25 bits per heavy atom. The first-order chi connectivity index (χ1) is 9.56. The maximum atomic E-state index is 11.5. The smallest absolute Gasteiger partial charge is 0.419 e. The molecule has 0 radical (unpaired) electrons. The Balaban J connectivity index is 1.94. The quantitative estimate of drug-likeness (QED) is 0.864. The van der Waals surface area contributed by atoms with Crippen molar-refractivity contribution in [3.05, 3.63) is 34.3 Å². The van der Waals surface area contributed by atoms with Gasteiger partial charge in [-0.3, -0.25) is 4.57 Å². The van der Waals surface area contributed by atoms with Crippen molar-refractivity contribution in [1.82, 2.24) is 9.47 Å². The average Bonchev–Trinajstić information content (AvgIpc) is 2.74. The lowest BCUT2D eigenvalue weighted by Crippen LogP contribution is -2.38. The summed E-state index contributed by atoms with van der Waals surface area (Å²) in [7, 11) is 1.67. The second kappa shape index (κ2) is 4.70. The molecule has 20 heavy (non-hydrogen) atoms. The molecule has 3 rings (SSSR count). The topological polar surface area (TPSA) is 75.7 Å². The first kappa shape index (κ1) is 12.8. The van der Waals surface area contributed by atoms with Crippen LogP contribution in [0.25, 0.3) is 11.1 Å². The molecule has 1 aromatic heterocycles. The van der Waals surface area contributed by atoms with E-state index in [1.807, 2.05) is 18.2 Å². The predicted molar refractivity (Wildman–Crippen MR) is 73.0 cm³/mol. The van der Waals surface area contributed by atoms with E-state index >= 15 is 0 Å². The van der Waals surface area contributed by atoms with Gasteiger partial charge >= 0.3 is 11.8 Å². The van der Waals surface area contributed by atoms with Crippen LogP contribution in [0, 0.1) is 0 Å². The molecule has 0 saturated carbocycles. The van der Waals surface area contributed by atoms with Gasteiger partial charge in [0, 0.05) is 26.1 Å². The van der Waals surface area contributed by atoms with Gasteiger partial charge in [0.15, 0.2) is 5.58 Å². The van der Waals surface area contributed by atoms with Crippen LogP contribution in [0.2, 0.25) is 0 Å². The third-order valence-corrected chi connectivity index (χ3v) is 3.98. The summed E-state index contributed by atoms with van der Waals surface area (Å²) in [5.74, 6) is -0.220. The zero-order chi connectivity index (χ0) is 14.3. The number of rotatable bonds is 1. The number of hydrogen-bond donors (Lipinski definition) is 1. The molecular formula is C14H16N2O4. The fourth-order valence-corrected chi connectivity index (χ4v) is 2.83. The molecule has 1 aliphatic rings. The van der Waals surface area contributed by atoms with E-state index in [0.717, 1.165) is 23.9 Å². The Bertz CT molecular complexity index is 716. The van der Waals surface area contributed by atoms with Crippen LogP contribution in [-0.4, -0.2) is 33.8 Å². The molecule has 0 aliphatic carbocycles. The van der Waals surface area contributed by atoms with Gasteiger partial charge in [-0.05, 0) is 30.5 Å². The fraction of sp³-hybridized carbons (Fsp3) is 0.429. The third kappa shape index (κ3) is 2.07. The van der Waals surface area contributed by atoms with E-state index in [1.165, 1.54) is 9.47 Å². The molecule has 106 valence electrons. The van der Waals surface area contributed by atoms with Crippen LogP contribution in [0.1, 0.15) is 24.3 Å². The Hall–Kier alpha value is -2.24. The van der Waals surface area contributed by atoms with E-state index in [9.17, 15) is 9.59 Å². The number of benzene rings is 1. The number of fused-ring (bicyclic) bond motifs is 1. The zero-order valence-electron chi connectivity index (χ0n) is 11.2. The Kier molecular flexibility index (Phi) is 3.00. The number of amides is 1. The first-order valence-electron chi connectivity index (χ1n) is 6.63. The Morgan fingerprint density at radius 3 is 3.00 bits per heavy atom.